The van der Waals surface area contributed by atoms with Gasteiger partial charge in [0.15, 0.2) is 0 Å². The van der Waals surface area contributed by atoms with E-state index in [1.54, 1.807) is 0 Å². The smallest absolute Gasteiger partial charge is 0.136 e. The van der Waals surface area contributed by atoms with E-state index in [4.69, 9.17) is 4.42 Å². The molecule has 1 heterocycles. The Morgan fingerprint density at radius 3 is 1.50 bits per heavy atom. The van der Waals surface area contributed by atoms with Gasteiger partial charge in [-0.3, -0.25) is 0 Å². The Labute approximate surface area is 347 Å². The maximum atomic E-state index is 6.80. The van der Waals surface area contributed by atoms with Gasteiger partial charge in [0.1, 0.15) is 11.2 Å². The van der Waals surface area contributed by atoms with Crippen LogP contribution in [0.1, 0.15) is 25.0 Å². The van der Waals surface area contributed by atoms with Crippen molar-refractivity contribution in [3.05, 3.63) is 205 Å². The average Bonchev–Trinajstić information content (AvgIpc) is 3.77. The van der Waals surface area contributed by atoms with E-state index in [2.05, 4.69) is 208 Å². The second-order valence-corrected chi connectivity index (χ2v) is 17.1. The molecule has 1 aliphatic rings. The molecule has 1 heteroatoms. The molecular formula is C59H38O. The van der Waals surface area contributed by atoms with Crippen molar-refractivity contribution in [1.29, 1.82) is 0 Å². The highest BCUT2D eigenvalue weighted by atomic mass is 16.3. The molecule has 13 rings (SSSR count). The highest BCUT2D eigenvalue weighted by Gasteiger charge is 2.37. The lowest BCUT2D eigenvalue weighted by Gasteiger charge is -2.21. The molecule has 1 nitrogen and oxygen atoms in total. The van der Waals surface area contributed by atoms with Crippen LogP contribution in [0.5, 0.6) is 0 Å². The fraction of sp³-hybridized carbons (Fsp3) is 0.0508. The molecule has 0 saturated carbocycles. The van der Waals surface area contributed by atoms with Gasteiger partial charge in [-0.1, -0.05) is 184 Å². The zero-order valence-corrected chi connectivity index (χ0v) is 33.4. The first-order valence-electron chi connectivity index (χ1n) is 21.0. The number of furan rings is 1. The van der Waals surface area contributed by atoms with Crippen LogP contribution in [0.4, 0.5) is 0 Å². The lowest BCUT2D eigenvalue weighted by Crippen LogP contribution is -2.14. The Balaban J connectivity index is 0.998. The minimum absolute atomic E-state index is 0.124. The molecule has 0 atom stereocenters. The van der Waals surface area contributed by atoms with Crippen LogP contribution >= 0.6 is 0 Å². The predicted molar refractivity (Wildman–Crippen MR) is 255 cm³/mol. The number of rotatable bonds is 3. The van der Waals surface area contributed by atoms with E-state index in [0.717, 1.165) is 27.5 Å². The van der Waals surface area contributed by atoms with E-state index >= 15 is 0 Å². The molecule has 0 fully saturated rings. The van der Waals surface area contributed by atoms with Gasteiger partial charge in [-0.05, 0) is 134 Å². The topological polar surface area (TPSA) is 13.1 Å². The van der Waals surface area contributed by atoms with Crippen LogP contribution in [-0.2, 0) is 5.41 Å². The van der Waals surface area contributed by atoms with Crippen LogP contribution in [-0.4, -0.2) is 0 Å². The molecule has 1 aromatic heterocycles. The van der Waals surface area contributed by atoms with Crippen LogP contribution in [0.2, 0.25) is 0 Å². The van der Waals surface area contributed by atoms with Crippen molar-refractivity contribution in [2.75, 3.05) is 0 Å². The molecule has 1 aliphatic carbocycles. The third kappa shape index (κ3) is 4.58. The first-order chi connectivity index (χ1) is 29.5. The van der Waals surface area contributed by atoms with Crippen LogP contribution in [0.25, 0.3) is 120 Å². The first kappa shape index (κ1) is 33.5. The van der Waals surface area contributed by atoms with E-state index in [1.807, 2.05) is 0 Å². The fourth-order valence-corrected chi connectivity index (χ4v) is 10.9. The summed E-state index contributed by atoms with van der Waals surface area (Å²) in [5.41, 5.74) is 14.5. The molecule has 60 heavy (non-hydrogen) atoms. The second-order valence-electron chi connectivity index (χ2n) is 17.1. The van der Waals surface area contributed by atoms with Crippen LogP contribution < -0.4 is 0 Å². The molecule has 0 aliphatic heterocycles. The number of benzene rings is 11. The summed E-state index contributed by atoms with van der Waals surface area (Å²) in [4.78, 5) is 0. The molecule has 0 amide bonds. The highest BCUT2D eigenvalue weighted by molar-refractivity contribution is 6.26. The summed E-state index contributed by atoms with van der Waals surface area (Å²) in [6.07, 6.45) is 0. The third-order valence-electron chi connectivity index (χ3n) is 13.7. The fourth-order valence-electron chi connectivity index (χ4n) is 10.9. The molecule has 0 N–H and O–H groups in total. The molecule has 0 radical (unpaired) electrons. The molecule has 0 bridgehead atoms. The summed E-state index contributed by atoms with van der Waals surface area (Å²) in [5.74, 6) is 0. The monoisotopic (exact) mass is 762 g/mol. The van der Waals surface area contributed by atoms with Crippen molar-refractivity contribution >= 4 is 75.8 Å². The number of hydrogen-bond donors (Lipinski definition) is 0. The van der Waals surface area contributed by atoms with Crippen LogP contribution in [0, 0.1) is 0 Å². The molecule has 11 aromatic carbocycles. The minimum Gasteiger partial charge on any atom is -0.456 e. The largest absolute Gasteiger partial charge is 0.456 e. The Morgan fingerprint density at radius 1 is 0.300 bits per heavy atom. The molecule has 12 aromatic rings. The van der Waals surface area contributed by atoms with Gasteiger partial charge >= 0.3 is 0 Å². The normalized spacial score (nSPS) is 13.3. The van der Waals surface area contributed by atoms with Crippen molar-refractivity contribution in [3.8, 4) is 44.5 Å². The second kappa shape index (κ2) is 12.3. The van der Waals surface area contributed by atoms with Crippen molar-refractivity contribution in [2.24, 2.45) is 0 Å². The van der Waals surface area contributed by atoms with E-state index in [9.17, 15) is 0 Å². The Hall–Kier alpha value is -7.48. The van der Waals surface area contributed by atoms with Crippen LogP contribution in [0.3, 0.4) is 0 Å². The number of fused-ring (bicyclic) bond motifs is 12. The van der Waals surface area contributed by atoms with Crippen LogP contribution in [0.15, 0.2) is 199 Å². The quantitative estimate of drug-likeness (QED) is 0.163. The van der Waals surface area contributed by atoms with Gasteiger partial charge in [0.2, 0.25) is 0 Å². The molecule has 280 valence electrons. The Kier molecular flexibility index (Phi) is 6.85. The summed E-state index contributed by atoms with van der Waals surface area (Å²) in [5, 5.41) is 14.9. The minimum atomic E-state index is -0.124. The summed E-state index contributed by atoms with van der Waals surface area (Å²) < 4.78 is 6.80. The summed E-state index contributed by atoms with van der Waals surface area (Å²) in [7, 11) is 0. The zero-order valence-electron chi connectivity index (χ0n) is 33.4. The maximum Gasteiger partial charge on any atom is 0.136 e. The Morgan fingerprint density at radius 2 is 0.817 bits per heavy atom. The third-order valence-corrected chi connectivity index (χ3v) is 13.7. The van der Waals surface area contributed by atoms with Gasteiger partial charge in [-0.2, -0.15) is 0 Å². The molecule has 0 unspecified atom stereocenters. The predicted octanol–water partition coefficient (Wildman–Crippen LogP) is 16.7. The summed E-state index contributed by atoms with van der Waals surface area (Å²) in [6.45, 7) is 4.69. The van der Waals surface area contributed by atoms with Crippen molar-refractivity contribution in [3.63, 3.8) is 0 Å². The first-order valence-corrected chi connectivity index (χ1v) is 21.0. The van der Waals surface area contributed by atoms with E-state index < -0.39 is 0 Å². The van der Waals surface area contributed by atoms with Crippen molar-refractivity contribution in [2.45, 2.75) is 19.3 Å². The lowest BCUT2D eigenvalue weighted by atomic mass is 9.82. The average molecular weight is 763 g/mol. The number of hydrogen-bond acceptors (Lipinski definition) is 1. The van der Waals surface area contributed by atoms with E-state index in [0.29, 0.717) is 0 Å². The van der Waals surface area contributed by atoms with Gasteiger partial charge in [0, 0.05) is 16.2 Å². The van der Waals surface area contributed by atoms with E-state index in [1.165, 1.54) is 104 Å². The summed E-state index contributed by atoms with van der Waals surface area (Å²) in [6, 6.07) is 71.8. The van der Waals surface area contributed by atoms with Gasteiger partial charge in [0.25, 0.3) is 0 Å². The van der Waals surface area contributed by atoms with Crippen molar-refractivity contribution in [1.82, 2.24) is 0 Å². The Bertz CT molecular complexity index is 3740. The van der Waals surface area contributed by atoms with Crippen molar-refractivity contribution < 1.29 is 4.42 Å². The van der Waals surface area contributed by atoms with E-state index in [-0.39, 0.29) is 5.41 Å². The SMILES string of the molecule is CC1(C)c2cc3oc4cc(-c5ccc(-c6c7ccccc7c(-c7cccc8ccccc78)c7ccccc67)c6ccccc56)ccc4c3cc2-c2c1ccc1ccccc21. The standard InChI is InChI=1S/C59H38O/c1-59(2)52-31-27-36-15-4-6-18-40(36)58(52)51-33-50-43-28-26-37(32-54(43)60-55(50)34-53(51)59)39-29-30-49(42-20-8-7-19-41(39)42)57-47-23-11-9-21-45(47)56(46-22-10-12-24-48(46)57)44-25-13-16-35-14-3-5-17-38(35)44/h3-34H,1-2H3. The highest BCUT2D eigenvalue weighted by Crippen LogP contribution is 2.53. The summed E-state index contributed by atoms with van der Waals surface area (Å²) >= 11 is 0. The lowest BCUT2D eigenvalue weighted by molar-refractivity contribution is 0.647. The molecule has 0 spiro atoms. The maximum absolute atomic E-state index is 6.80. The molecular weight excluding hydrogens is 725 g/mol. The van der Waals surface area contributed by atoms with Gasteiger partial charge < -0.3 is 4.42 Å². The van der Waals surface area contributed by atoms with Gasteiger partial charge in [0.05, 0.1) is 0 Å². The van der Waals surface area contributed by atoms with Gasteiger partial charge in [-0.25, -0.2) is 0 Å². The van der Waals surface area contributed by atoms with Gasteiger partial charge in [-0.15, -0.1) is 0 Å². The zero-order chi connectivity index (χ0) is 39.7. The molecule has 0 saturated heterocycles.